The number of hydrogen-bond donors (Lipinski definition) is 1. The lowest BCUT2D eigenvalue weighted by atomic mass is 9.84. The minimum Gasteiger partial charge on any atom is -0.507 e. The molecule has 1 heterocycles. The molecule has 188 valence electrons. The molecule has 0 atom stereocenters. The van der Waals surface area contributed by atoms with Crippen LogP contribution in [0.4, 0.5) is 11.4 Å². The lowest BCUT2D eigenvalue weighted by Crippen LogP contribution is -2.22. The van der Waals surface area contributed by atoms with Gasteiger partial charge in [0, 0.05) is 67.8 Å². The number of hydrogen-bond acceptors (Lipinski definition) is 4. The molecule has 5 nitrogen and oxygen atoms in total. The molecule has 1 aromatic heterocycles. The van der Waals surface area contributed by atoms with Gasteiger partial charge in [-0.05, 0) is 75.2 Å². The second-order valence-corrected chi connectivity index (χ2v) is 9.08. The summed E-state index contributed by atoms with van der Waals surface area (Å²) in [6.07, 6.45) is 2.09. The van der Waals surface area contributed by atoms with E-state index in [-0.39, 0.29) is 11.7 Å². The third kappa shape index (κ3) is 5.11. The summed E-state index contributed by atoms with van der Waals surface area (Å²) in [5.41, 5.74) is 7.49. The minimum atomic E-state index is -0.0233. The van der Waals surface area contributed by atoms with E-state index in [0.29, 0.717) is 0 Å². The summed E-state index contributed by atoms with van der Waals surface area (Å²) in [5, 5.41) is 15.5. The van der Waals surface area contributed by atoms with E-state index in [1.807, 2.05) is 29.9 Å². The largest absolute Gasteiger partial charge is 0.507 e. The average Bonchev–Trinajstić information content (AvgIpc) is 3.28. The van der Waals surface area contributed by atoms with E-state index in [1.54, 1.807) is 6.07 Å². The number of aryl methyl sites for hydroxylation is 1. The zero-order chi connectivity index (χ0) is 25.7. The Balaban J connectivity index is 1.86. The molecular formula is C31H38N4O. The van der Waals surface area contributed by atoms with Crippen molar-refractivity contribution < 1.29 is 5.11 Å². The molecule has 0 unspecified atom stereocenters. The van der Waals surface area contributed by atoms with Crippen LogP contribution in [0.5, 0.6) is 5.75 Å². The van der Waals surface area contributed by atoms with Gasteiger partial charge in [-0.25, -0.2) is 0 Å². The Hall–Kier alpha value is -3.73. The number of aromatic hydroxyl groups is 1. The Morgan fingerprint density at radius 1 is 0.722 bits per heavy atom. The normalized spacial score (nSPS) is 11.2. The van der Waals surface area contributed by atoms with Gasteiger partial charge < -0.3 is 14.9 Å². The molecule has 0 fully saturated rings. The molecule has 0 bridgehead atoms. The molecule has 0 saturated carbocycles. The second-order valence-electron chi connectivity index (χ2n) is 9.08. The SMILES string of the molecule is CCN(CC)c1ccc(C(c2ccc(N(CC)CC)cc2)c2cn(C)nc2-c2ccccc2O)cc1. The molecule has 0 radical (unpaired) electrons. The number of benzene rings is 3. The first-order valence-electron chi connectivity index (χ1n) is 13.0. The van der Waals surface area contributed by atoms with Gasteiger partial charge in [-0.15, -0.1) is 0 Å². The number of anilines is 2. The molecule has 0 spiro atoms. The van der Waals surface area contributed by atoms with Crippen molar-refractivity contribution in [1.29, 1.82) is 0 Å². The van der Waals surface area contributed by atoms with Gasteiger partial charge >= 0.3 is 0 Å². The fourth-order valence-electron chi connectivity index (χ4n) is 5.09. The van der Waals surface area contributed by atoms with E-state index < -0.39 is 0 Å². The van der Waals surface area contributed by atoms with Crippen LogP contribution in [0.15, 0.2) is 79.0 Å². The van der Waals surface area contributed by atoms with E-state index in [9.17, 15) is 5.11 Å². The summed E-state index contributed by atoms with van der Waals surface area (Å²) in [5.74, 6) is 0.217. The summed E-state index contributed by atoms with van der Waals surface area (Å²) in [7, 11) is 1.94. The summed E-state index contributed by atoms with van der Waals surface area (Å²) < 4.78 is 1.85. The molecule has 5 heteroatoms. The number of para-hydroxylation sites is 1. The Bertz CT molecular complexity index is 1200. The van der Waals surface area contributed by atoms with Gasteiger partial charge in [0.05, 0.1) is 0 Å². The van der Waals surface area contributed by atoms with E-state index in [0.717, 1.165) is 43.0 Å². The quantitative estimate of drug-likeness (QED) is 0.274. The lowest BCUT2D eigenvalue weighted by Gasteiger charge is -2.24. The molecule has 4 aromatic rings. The maximum atomic E-state index is 10.7. The first-order chi connectivity index (χ1) is 17.5. The molecule has 1 N–H and O–H groups in total. The van der Waals surface area contributed by atoms with Gasteiger partial charge in [-0.1, -0.05) is 36.4 Å². The monoisotopic (exact) mass is 482 g/mol. The topological polar surface area (TPSA) is 44.5 Å². The first-order valence-corrected chi connectivity index (χ1v) is 13.0. The predicted molar refractivity (Wildman–Crippen MR) is 151 cm³/mol. The van der Waals surface area contributed by atoms with Crippen molar-refractivity contribution in [1.82, 2.24) is 9.78 Å². The Kier molecular flexibility index (Phi) is 7.99. The van der Waals surface area contributed by atoms with Crippen molar-refractivity contribution in [3.05, 3.63) is 95.7 Å². The second kappa shape index (κ2) is 11.3. The number of phenols is 1. The molecule has 0 aliphatic carbocycles. The van der Waals surface area contributed by atoms with Crippen LogP contribution in [0, 0.1) is 0 Å². The number of nitrogens with zero attached hydrogens (tertiary/aromatic N) is 4. The van der Waals surface area contributed by atoms with Gasteiger partial charge in [-0.2, -0.15) is 5.10 Å². The van der Waals surface area contributed by atoms with E-state index >= 15 is 0 Å². The highest BCUT2D eigenvalue weighted by Crippen LogP contribution is 2.40. The molecule has 0 saturated heterocycles. The standard InChI is InChI=1S/C31H38N4O/c1-6-34(7-2)25-18-14-23(15-19-25)30(24-16-20-26(21-17-24)35(8-3)9-4)28-22-33(5)32-31(28)27-12-10-11-13-29(27)36/h10-22,30,36H,6-9H2,1-5H3. The third-order valence-corrected chi connectivity index (χ3v) is 7.04. The van der Waals surface area contributed by atoms with Crippen LogP contribution in [-0.2, 0) is 7.05 Å². The van der Waals surface area contributed by atoms with Gasteiger partial charge in [0.15, 0.2) is 0 Å². The van der Waals surface area contributed by atoms with Gasteiger partial charge in [0.25, 0.3) is 0 Å². The van der Waals surface area contributed by atoms with Gasteiger partial charge in [0.2, 0.25) is 0 Å². The van der Waals surface area contributed by atoms with Gasteiger partial charge in [-0.3, -0.25) is 4.68 Å². The molecule has 0 aliphatic rings. The van der Waals surface area contributed by atoms with E-state index in [1.165, 1.54) is 22.5 Å². The summed E-state index contributed by atoms with van der Waals surface area (Å²) in [6, 6.07) is 25.3. The van der Waals surface area contributed by atoms with Crippen molar-refractivity contribution in [3.63, 3.8) is 0 Å². The molecular weight excluding hydrogens is 444 g/mol. The van der Waals surface area contributed by atoms with Crippen molar-refractivity contribution in [2.75, 3.05) is 36.0 Å². The van der Waals surface area contributed by atoms with Crippen LogP contribution < -0.4 is 9.80 Å². The summed E-state index contributed by atoms with van der Waals surface area (Å²) in [4.78, 5) is 4.71. The minimum absolute atomic E-state index is 0.0233. The molecule has 3 aromatic carbocycles. The van der Waals surface area contributed by atoms with Crippen LogP contribution in [-0.4, -0.2) is 41.1 Å². The van der Waals surface area contributed by atoms with Crippen LogP contribution in [0.3, 0.4) is 0 Å². The molecule has 0 aliphatic heterocycles. The smallest absolute Gasteiger partial charge is 0.125 e. The Labute approximate surface area is 215 Å². The molecule has 4 rings (SSSR count). The van der Waals surface area contributed by atoms with Crippen molar-refractivity contribution >= 4 is 11.4 Å². The zero-order valence-corrected chi connectivity index (χ0v) is 22.1. The first kappa shape index (κ1) is 25.4. The maximum Gasteiger partial charge on any atom is 0.125 e. The molecule has 0 amide bonds. The van der Waals surface area contributed by atoms with E-state index in [2.05, 4.69) is 92.2 Å². The number of aromatic nitrogens is 2. The van der Waals surface area contributed by atoms with Crippen LogP contribution >= 0.6 is 0 Å². The lowest BCUT2D eigenvalue weighted by molar-refractivity contribution is 0.477. The third-order valence-electron chi connectivity index (χ3n) is 7.04. The van der Waals surface area contributed by atoms with Crippen LogP contribution in [0.1, 0.15) is 50.3 Å². The van der Waals surface area contributed by atoms with E-state index in [4.69, 9.17) is 5.10 Å². The zero-order valence-electron chi connectivity index (χ0n) is 22.1. The van der Waals surface area contributed by atoms with Crippen molar-refractivity contribution in [2.45, 2.75) is 33.6 Å². The van der Waals surface area contributed by atoms with Gasteiger partial charge in [0.1, 0.15) is 11.4 Å². The maximum absolute atomic E-state index is 10.7. The summed E-state index contributed by atoms with van der Waals surface area (Å²) in [6.45, 7) is 12.7. The Morgan fingerprint density at radius 3 is 1.64 bits per heavy atom. The van der Waals surface area contributed by atoms with Crippen molar-refractivity contribution in [2.24, 2.45) is 7.05 Å². The number of phenolic OH excluding ortho intramolecular Hbond substituents is 1. The Morgan fingerprint density at radius 2 is 1.19 bits per heavy atom. The summed E-state index contributed by atoms with van der Waals surface area (Å²) >= 11 is 0. The highest BCUT2D eigenvalue weighted by Gasteiger charge is 2.25. The van der Waals surface area contributed by atoms with Crippen molar-refractivity contribution in [3.8, 4) is 17.0 Å². The fraction of sp³-hybridized carbons (Fsp3) is 0.323. The highest BCUT2D eigenvalue weighted by molar-refractivity contribution is 5.72. The van der Waals surface area contributed by atoms with Crippen LogP contribution in [0.2, 0.25) is 0 Å². The highest BCUT2D eigenvalue weighted by atomic mass is 16.3. The predicted octanol–water partition coefficient (Wildman–Crippen LogP) is 6.67. The average molecular weight is 483 g/mol. The number of rotatable bonds is 10. The van der Waals surface area contributed by atoms with Crippen LogP contribution in [0.25, 0.3) is 11.3 Å². The fourth-order valence-corrected chi connectivity index (χ4v) is 5.09. The molecule has 36 heavy (non-hydrogen) atoms.